The van der Waals surface area contributed by atoms with E-state index in [-0.39, 0.29) is 12.1 Å². The van der Waals surface area contributed by atoms with Gasteiger partial charge in [0.05, 0.1) is 0 Å². The number of benzene rings is 1. The van der Waals surface area contributed by atoms with Gasteiger partial charge in [0.15, 0.2) is 0 Å². The summed E-state index contributed by atoms with van der Waals surface area (Å²) in [5.41, 5.74) is 0.610. The Bertz CT molecular complexity index is 422. The van der Waals surface area contributed by atoms with Crippen LogP contribution in [0.15, 0.2) is 18.2 Å². The van der Waals surface area contributed by atoms with Crippen LogP contribution in [0.5, 0.6) is 0 Å². The lowest BCUT2D eigenvalue weighted by Crippen LogP contribution is -2.37. The van der Waals surface area contributed by atoms with E-state index in [1.807, 2.05) is 6.92 Å². The van der Waals surface area contributed by atoms with E-state index < -0.39 is 22.4 Å². The zero-order valence-electron chi connectivity index (χ0n) is 10.3. The quantitative estimate of drug-likeness (QED) is 0.917. The number of hydrogen-bond acceptors (Lipinski definition) is 2. The molecule has 1 unspecified atom stereocenters. The highest BCUT2D eigenvalue weighted by Crippen LogP contribution is 2.19. The van der Waals surface area contributed by atoms with Crippen LogP contribution in [0, 0.1) is 11.6 Å². The smallest absolute Gasteiger partial charge is 0.126 e. The van der Waals surface area contributed by atoms with Crippen molar-refractivity contribution in [1.29, 1.82) is 0 Å². The second kappa shape index (κ2) is 5.89. The Kier molecular flexibility index (Phi) is 4.45. The van der Waals surface area contributed by atoms with Gasteiger partial charge in [0.1, 0.15) is 11.6 Å². The maximum absolute atomic E-state index is 13.1. The van der Waals surface area contributed by atoms with Crippen LogP contribution >= 0.6 is 0 Å². The molecule has 0 bridgehead atoms. The third-order valence-electron chi connectivity index (χ3n) is 3.26. The lowest BCUT2D eigenvalue weighted by atomic mass is 10.0. The topological polar surface area (TPSA) is 29.1 Å². The van der Waals surface area contributed by atoms with Crippen molar-refractivity contribution >= 4 is 10.8 Å². The fourth-order valence-corrected chi connectivity index (χ4v) is 3.53. The van der Waals surface area contributed by atoms with Crippen LogP contribution in [0.2, 0.25) is 0 Å². The predicted molar refractivity (Wildman–Crippen MR) is 68.8 cm³/mol. The fraction of sp³-hybridized carbons (Fsp3) is 0.538. The van der Waals surface area contributed by atoms with Crippen molar-refractivity contribution in [1.82, 2.24) is 5.32 Å². The molecular formula is C13H17F2NOS. The molecule has 5 heteroatoms. The van der Waals surface area contributed by atoms with Crippen molar-refractivity contribution in [2.24, 2.45) is 0 Å². The molecule has 1 aliphatic rings. The molecule has 0 aromatic heterocycles. The summed E-state index contributed by atoms with van der Waals surface area (Å²) in [6, 6.07) is 3.75. The zero-order chi connectivity index (χ0) is 13.1. The Labute approximate surface area is 108 Å². The van der Waals surface area contributed by atoms with Gasteiger partial charge in [-0.3, -0.25) is 4.21 Å². The van der Waals surface area contributed by atoms with E-state index >= 15 is 0 Å². The minimum Gasteiger partial charge on any atom is -0.307 e. The molecule has 1 N–H and O–H groups in total. The molecular weight excluding hydrogens is 256 g/mol. The first-order valence-corrected chi connectivity index (χ1v) is 7.60. The van der Waals surface area contributed by atoms with Crippen molar-refractivity contribution in [2.75, 3.05) is 11.5 Å². The van der Waals surface area contributed by atoms with Gasteiger partial charge in [-0.25, -0.2) is 8.78 Å². The van der Waals surface area contributed by atoms with Gasteiger partial charge < -0.3 is 5.32 Å². The van der Waals surface area contributed by atoms with E-state index in [4.69, 9.17) is 0 Å². The molecule has 0 saturated carbocycles. The van der Waals surface area contributed by atoms with Gasteiger partial charge in [0, 0.05) is 40.5 Å². The molecule has 0 radical (unpaired) electrons. The van der Waals surface area contributed by atoms with E-state index in [2.05, 4.69) is 5.32 Å². The van der Waals surface area contributed by atoms with Crippen molar-refractivity contribution in [3.63, 3.8) is 0 Å². The Hall–Kier alpha value is -0.810. The second-order valence-electron chi connectivity index (χ2n) is 4.71. The van der Waals surface area contributed by atoms with Crippen LogP contribution in [-0.4, -0.2) is 21.8 Å². The summed E-state index contributed by atoms with van der Waals surface area (Å²) in [6.07, 6.45) is 1.71. The van der Waals surface area contributed by atoms with E-state index in [0.717, 1.165) is 18.9 Å². The molecule has 1 heterocycles. The van der Waals surface area contributed by atoms with Gasteiger partial charge in [-0.2, -0.15) is 0 Å². The average molecular weight is 273 g/mol. The van der Waals surface area contributed by atoms with Crippen molar-refractivity contribution in [3.8, 4) is 0 Å². The number of nitrogens with one attached hydrogen (secondary N) is 1. The standard InChI is InChI=1S/C13H17F2NOS/c1-9(10-6-11(14)8-12(15)7-10)16-13-2-4-18(17)5-3-13/h6-9,13,16H,2-5H2,1H3. The summed E-state index contributed by atoms with van der Waals surface area (Å²) in [5.74, 6) is 0.316. The summed E-state index contributed by atoms with van der Waals surface area (Å²) in [4.78, 5) is 0. The lowest BCUT2D eigenvalue weighted by molar-refractivity contribution is 0.424. The molecule has 0 spiro atoms. The minimum absolute atomic E-state index is 0.105. The van der Waals surface area contributed by atoms with E-state index in [9.17, 15) is 13.0 Å². The first-order valence-electron chi connectivity index (χ1n) is 6.11. The molecule has 2 rings (SSSR count). The molecule has 18 heavy (non-hydrogen) atoms. The highest BCUT2D eigenvalue weighted by molar-refractivity contribution is 7.85. The molecule has 0 amide bonds. The predicted octanol–water partition coefficient (Wildman–Crippen LogP) is 2.53. The molecule has 1 aromatic carbocycles. The number of hydrogen-bond donors (Lipinski definition) is 1. The van der Waals surface area contributed by atoms with Crippen LogP contribution in [0.25, 0.3) is 0 Å². The third kappa shape index (κ3) is 3.59. The molecule has 1 aromatic rings. The van der Waals surface area contributed by atoms with Crippen LogP contribution in [0.3, 0.4) is 0 Å². The molecule has 100 valence electrons. The zero-order valence-corrected chi connectivity index (χ0v) is 11.1. The summed E-state index contributed by atoms with van der Waals surface area (Å²) in [6.45, 7) is 1.89. The Morgan fingerprint density at radius 2 is 1.78 bits per heavy atom. The second-order valence-corrected chi connectivity index (χ2v) is 6.41. The summed E-state index contributed by atoms with van der Waals surface area (Å²) in [5, 5.41) is 3.34. The fourth-order valence-electron chi connectivity index (χ4n) is 2.24. The molecule has 1 aliphatic heterocycles. The molecule has 1 saturated heterocycles. The Morgan fingerprint density at radius 1 is 1.22 bits per heavy atom. The third-order valence-corrected chi connectivity index (χ3v) is 4.64. The van der Waals surface area contributed by atoms with Gasteiger partial charge in [-0.15, -0.1) is 0 Å². The monoisotopic (exact) mass is 273 g/mol. The normalized spacial score (nSPS) is 25.9. The summed E-state index contributed by atoms with van der Waals surface area (Å²) >= 11 is 0. The van der Waals surface area contributed by atoms with Gasteiger partial charge in [-0.05, 0) is 37.5 Å². The van der Waals surface area contributed by atoms with E-state index in [0.29, 0.717) is 17.1 Å². The number of rotatable bonds is 3. The molecule has 1 fully saturated rings. The summed E-state index contributed by atoms with van der Waals surface area (Å²) in [7, 11) is -0.688. The van der Waals surface area contributed by atoms with Crippen LogP contribution in [0.1, 0.15) is 31.4 Å². The minimum atomic E-state index is -0.688. The van der Waals surface area contributed by atoms with Crippen molar-refractivity contribution in [2.45, 2.75) is 31.8 Å². The van der Waals surface area contributed by atoms with Crippen molar-refractivity contribution < 1.29 is 13.0 Å². The average Bonchev–Trinajstić information content (AvgIpc) is 2.31. The van der Waals surface area contributed by atoms with Gasteiger partial charge >= 0.3 is 0 Å². The first kappa shape index (κ1) is 13.6. The van der Waals surface area contributed by atoms with Gasteiger partial charge in [0.25, 0.3) is 0 Å². The van der Waals surface area contributed by atoms with Crippen LogP contribution in [-0.2, 0) is 10.8 Å². The number of halogens is 2. The molecule has 0 aliphatic carbocycles. The van der Waals surface area contributed by atoms with E-state index in [1.165, 1.54) is 12.1 Å². The molecule has 2 nitrogen and oxygen atoms in total. The maximum atomic E-state index is 13.1. The van der Waals surface area contributed by atoms with Gasteiger partial charge in [-0.1, -0.05) is 0 Å². The Balaban J connectivity index is 1.98. The van der Waals surface area contributed by atoms with E-state index in [1.54, 1.807) is 0 Å². The summed E-state index contributed by atoms with van der Waals surface area (Å²) < 4.78 is 37.5. The Morgan fingerprint density at radius 3 is 2.33 bits per heavy atom. The van der Waals surface area contributed by atoms with Crippen LogP contribution < -0.4 is 5.32 Å². The van der Waals surface area contributed by atoms with Crippen molar-refractivity contribution in [3.05, 3.63) is 35.4 Å². The highest BCUT2D eigenvalue weighted by atomic mass is 32.2. The van der Waals surface area contributed by atoms with Gasteiger partial charge in [0.2, 0.25) is 0 Å². The largest absolute Gasteiger partial charge is 0.307 e. The first-order chi connectivity index (χ1) is 8.54. The maximum Gasteiger partial charge on any atom is 0.126 e. The molecule has 1 atom stereocenters. The lowest BCUT2D eigenvalue weighted by Gasteiger charge is -2.26. The highest BCUT2D eigenvalue weighted by Gasteiger charge is 2.20. The SMILES string of the molecule is CC(NC1CCS(=O)CC1)c1cc(F)cc(F)c1. The van der Waals surface area contributed by atoms with Crippen LogP contribution in [0.4, 0.5) is 8.78 Å².